The average Bonchev–Trinajstić information content (AvgIpc) is 2.50. The second-order valence-corrected chi connectivity index (χ2v) is 4.95. The third-order valence-electron chi connectivity index (χ3n) is 3.52. The van der Waals surface area contributed by atoms with Crippen LogP contribution in [0.5, 0.6) is 0 Å². The highest BCUT2D eigenvalue weighted by Gasteiger charge is 2.10. The molecule has 1 amide bonds. The van der Waals surface area contributed by atoms with Gasteiger partial charge in [-0.15, -0.1) is 0 Å². The molecule has 0 aliphatic rings. The van der Waals surface area contributed by atoms with E-state index >= 15 is 0 Å². The van der Waals surface area contributed by atoms with Gasteiger partial charge in [0, 0.05) is 36.5 Å². The highest BCUT2D eigenvalue weighted by molar-refractivity contribution is 5.94. The molecule has 110 valence electrons. The van der Waals surface area contributed by atoms with E-state index in [0.29, 0.717) is 16.5 Å². The number of aromatic nitrogens is 2. The quantitative estimate of drug-likeness (QED) is 0.784. The average molecular weight is 297 g/mol. The number of hydrogen-bond acceptors (Lipinski definition) is 3. The molecule has 0 fully saturated rings. The van der Waals surface area contributed by atoms with Crippen molar-refractivity contribution in [3.8, 4) is 11.1 Å². The summed E-state index contributed by atoms with van der Waals surface area (Å²) < 4.78 is 15.6. The molecule has 2 N–H and O–H groups in total. The van der Waals surface area contributed by atoms with E-state index in [0.717, 1.165) is 0 Å². The highest BCUT2D eigenvalue weighted by Crippen LogP contribution is 2.26. The van der Waals surface area contributed by atoms with Gasteiger partial charge in [-0.1, -0.05) is 0 Å². The van der Waals surface area contributed by atoms with E-state index in [9.17, 15) is 14.0 Å². The lowest BCUT2D eigenvalue weighted by Gasteiger charge is -2.09. The Balaban J connectivity index is 2.25. The van der Waals surface area contributed by atoms with Crippen LogP contribution in [0.15, 0.2) is 47.5 Å². The summed E-state index contributed by atoms with van der Waals surface area (Å²) in [5.74, 6) is -1.12. The minimum atomic E-state index is -0.599. The largest absolute Gasteiger partial charge is 0.366 e. The van der Waals surface area contributed by atoms with Gasteiger partial charge in [-0.25, -0.2) is 4.39 Å². The second-order valence-electron chi connectivity index (χ2n) is 4.95. The highest BCUT2D eigenvalue weighted by atomic mass is 19.1. The normalized spacial score (nSPS) is 10.8. The molecular formula is C16H12FN3O2. The molecule has 0 bridgehead atoms. The van der Waals surface area contributed by atoms with Crippen LogP contribution in [0.4, 0.5) is 4.39 Å². The Bertz CT molecular complexity index is 963. The number of hydrogen-bond donors (Lipinski definition) is 1. The van der Waals surface area contributed by atoms with Gasteiger partial charge in [0.1, 0.15) is 5.82 Å². The zero-order valence-corrected chi connectivity index (χ0v) is 11.7. The van der Waals surface area contributed by atoms with Crippen molar-refractivity contribution in [2.24, 2.45) is 12.8 Å². The van der Waals surface area contributed by atoms with E-state index in [1.54, 1.807) is 18.2 Å². The number of benzene rings is 1. The number of nitrogens with two attached hydrogens (primary N) is 1. The van der Waals surface area contributed by atoms with Crippen LogP contribution in [-0.2, 0) is 7.05 Å². The lowest BCUT2D eigenvalue weighted by molar-refractivity contribution is 0.1000. The fourth-order valence-electron chi connectivity index (χ4n) is 2.38. The molecular weight excluding hydrogens is 285 g/mol. The maximum absolute atomic E-state index is 14.4. The van der Waals surface area contributed by atoms with Crippen molar-refractivity contribution in [1.82, 2.24) is 9.55 Å². The molecule has 5 nitrogen and oxygen atoms in total. The van der Waals surface area contributed by atoms with Crippen molar-refractivity contribution in [3.05, 3.63) is 64.5 Å². The van der Waals surface area contributed by atoms with E-state index in [1.165, 1.54) is 36.1 Å². The zero-order valence-electron chi connectivity index (χ0n) is 11.7. The topological polar surface area (TPSA) is 78.0 Å². The van der Waals surface area contributed by atoms with Crippen LogP contribution in [-0.4, -0.2) is 15.5 Å². The summed E-state index contributed by atoms with van der Waals surface area (Å²) in [5, 5.41) is 0.585. The minimum absolute atomic E-state index is 0.232. The number of rotatable bonds is 2. The summed E-state index contributed by atoms with van der Waals surface area (Å²) in [7, 11) is 1.52. The van der Waals surface area contributed by atoms with Crippen molar-refractivity contribution >= 4 is 16.8 Å². The molecule has 3 aromatic rings. The molecule has 6 heteroatoms. The molecule has 22 heavy (non-hydrogen) atoms. The lowest BCUT2D eigenvalue weighted by Crippen LogP contribution is -2.16. The molecule has 0 aliphatic heterocycles. The van der Waals surface area contributed by atoms with Crippen LogP contribution >= 0.6 is 0 Å². The number of pyridine rings is 2. The zero-order chi connectivity index (χ0) is 15.9. The molecule has 2 aromatic heterocycles. The molecule has 0 saturated heterocycles. The number of amides is 1. The smallest absolute Gasteiger partial charge is 0.250 e. The van der Waals surface area contributed by atoms with Gasteiger partial charge in [-0.05, 0) is 29.8 Å². The van der Waals surface area contributed by atoms with E-state index < -0.39 is 11.7 Å². The molecule has 0 atom stereocenters. The van der Waals surface area contributed by atoms with Crippen LogP contribution in [0.1, 0.15) is 10.4 Å². The summed E-state index contributed by atoms with van der Waals surface area (Å²) in [6.07, 6.45) is 2.88. The summed E-state index contributed by atoms with van der Waals surface area (Å²) >= 11 is 0. The summed E-state index contributed by atoms with van der Waals surface area (Å²) in [5.41, 5.74) is 6.56. The number of fused-ring (bicyclic) bond motifs is 1. The predicted molar refractivity (Wildman–Crippen MR) is 80.9 cm³/mol. The van der Waals surface area contributed by atoms with E-state index in [2.05, 4.69) is 4.98 Å². The molecule has 1 aromatic carbocycles. The molecule has 3 rings (SSSR count). The number of primary amides is 1. The fraction of sp³-hybridized carbons (Fsp3) is 0.0625. The molecule has 0 spiro atoms. The number of aryl methyl sites for hydroxylation is 1. The molecule has 0 unspecified atom stereocenters. The number of carbonyl (C=O) groups is 1. The lowest BCUT2D eigenvalue weighted by atomic mass is 10.0. The van der Waals surface area contributed by atoms with Crippen LogP contribution in [0, 0.1) is 5.82 Å². The van der Waals surface area contributed by atoms with E-state index in [-0.39, 0.29) is 16.6 Å². The predicted octanol–water partition coefficient (Wildman–Crippen LogP) is 1.84. The Morgan fingerprint density at radius 2 is 1.95 bits per heavy atom. The van der Waals surface area contributed by atoms with Crippen molar-refractivity contribution in [1.29, 1.82) is 0 Å². The molecule has 0 radical (unpaired) electrons. The Labute approximate surface area is 124 Å². The van der Waals surface area contributed by atoms with Crippen molar-refractivity contribution in [2.45, 2.75) is 0 Å². The van der Waals surface area contributed by atoms with Crippen LogP contribution in [0.3, 0.4) is 0 Å². The fourth-order valence-corrected chi connectivity index (χ4v) is 2.38. The van der Waals surface area contributed by atoms with Crippen molar-refractivity contribution in [3.63, 3.8) is 0 Å². The summed E-state index contributed by atoms with van der Waals surface area (Å²) in [6.45, 7) is 0. The first-order valence-corrected chi connectivity index (χ1v) is 6.52. The van der Waals surface area contributed by atoms with Gasteiger partial charge >= 0.3 is 0 Å². The van der Waals surface area contributed by atoms with Gasteiger partial charge in [-0.3, -0.25) is 14.6 Å². The first-order chi connectivity index (χ1) is 10.5. The van der Waals surface area contributed by atoms with Crippen LogP contribution in [0.2, 0.25) is 0 Å². The van der Waals surface area contributed by atoms with E-state index in [4.69, 9.17) is 5.73 Å². The van der Waals surface area contributed by atoms with Crippen molar-refractivity contribution in [2.75, 3.05) is 0 Å². The first kappa shape index (κ1) is 13.9. The van der Waals surface area contributed by atoms with Gasteiger partial charge in [-0.2, -0.15) is 0 Å². The summed E-state index contributed by atoms with van der Waals surface area (Å²) in [4.78, 5) is 26.8. The SMILES string of the molecule is Cn1c(=O)ccc2cc(-c3cncc(C(N)=O)c3)cc(F)c21. The Morgan fingerprint density at radius 1 is 1.18 bits per heavy atom. The number of nitrogens with zero attached hydrogens (tertiary/aromatic N) is 2. The molecule has 0 aliphatic carbocycles. The Kier molecular flexibility index (Phi) is 3.21. The van der Waals surface area contributed by atoms with Crippen LogP contribution < -0.4 is 11.3 Å². The van der Waals surface area contributed by atoms with Crippen molar-refractivity contribution < 1.29 is 9.18 Å². The van der Waals surface area contributed by atoms with Crippen LogP contribution in [0.25, 0.3) is 22.0 Å². The molecule has 0 saturated carbocycles. The summed E-state index contributed by atoms with van der Waals surface area (Å²) in [6, 6.07) is 7.54. The third kappa shape index (κ3) is 2.24. The Hall–Kier alpha value is -3.02. The van der Waals surface area contributed by atoms with Gasteiger partial charge in [0.25, 0.3) is 5.56 Å². The standard InChI is InChI=1S/C16H12FN3O2/c1-20-14(21)3-2-9-4-10(6-13(17)15(9)20)11-5-12(16(18)22)8-19-7-11/h2-8H,1H3,(H2,18,22). The monoisotopic (exact) mass is 297 g/mol. The van der Waals surface area contributed by atoms with E-state index in [1.807, 2.05) is 0 Å². The maximum atomic E-state index is 14.4. The molecule has 2 heterocycles. The van der Waals surface area contributed by atoms with Gasteiger partial charge in [0.05, 0.1) is 11.1 Å². The van der Waals surface area contributed by atoms with Gasteiger partial charge < -0.3 is 10.3 Å². The minimum Gasteiger partial charge on any atom is -0.366 e. The van der Waals surface area contributed by atoms with Gasteiger partial charge in [0.2, 0.25) is 5.91 Å². The number of halogens is 1. The maximum Gasteiger partial charge on any atom is 0.250 e. The number of carbonyl (C=O) groups excluding carboxylic acids is 1. The Morgan fingerprint density at radius 3 is 2.68 bits per heavy atom. The first-order valence-electron chi connectivity index (χ1n) is 6.52. The second kappa shape index (κ2) is 5.07. The van der Waals surface area contributed by atoms with Gasteiger partial charge in [0.15, 0.2) is 0 Å². The third-order valence-corrected chi connectivity index (χ3v) is 3.52.